The van der Waals surface area contributed by atoms with E-state index in [1.54, 1.807) is 12.1 Å². The van der Waals surface area contributed by atoms with Crippen LogP contribution in [0.2, 0.25) is 0 Å². The van der Waals surface area contributed by atoms with Crippen molar-refractivity contribution in [2.75, 3.05) is 0 Å². The Morgan fingerprint density at radius 3 is 2.69 bits per heavy atom. The Labute approximate surface area is 74.3 Å². The lowest BCUT2D eigenvalue weighted by atomic mass is 10.2. The zero-order valence-electron chi connectivity index (χ0n) is 6.68. The van der Waals surface area contributed by atoms with Crippen molar-refractivity contribution < 1.29 is 4.39 Å². The number of pyridine rings is 1. The van der Waals surface area contributed by atoms with Crippen LogP contribution in [0.4, 0.5) is 4.39 Å². The highest BCUT2D eigenvalue weighted by atomic mass is 19.1. The Morgan fingerprint density at radius 1 is 1.08 bits per heavy atom. The van der Waals surface area contributed by atoms with Gasteiger partial charge in [0.25, 0.3) is 0 Å². The second kappa shape index (κ2) is 3.26. The zero-order chi connectivity index (χ0) is 9.10. The maximum Gasteiger partial charge on any atom is 0.222 e. The van der Waals surface area contributed by atoms with Gasteiger partial charge < -0.3 is 0 Å². The van der Waals surface area contributed by atoms with Gasteiger partial charge in [-0.25, -0.2) is 4.98 Å². The maximum absolute atomic E-state index is 13.1. The van der Waals surface area contributed by atoms with Crippen LogP contribution in [0.5, 0.6) is 0 Å². The van der Waals surface area contributed by atoms with Gasteiger partial charge in [0.2, 0.25) is 5.95 Å². The molecule has 0 aliphatic rings. The molecule has 0 radical (unpaired) electrons. The van der Waals surface area contributed by atoms with Crippen molar-refractivity contribution in [2.45, 2.75) is 0 Å². The summed E-state index contributed by atoms with van der Waals surface area (Å²) in [6, 6.07) is 3.28. The van der Waals surface area contributed by atoms with Crippen LogP contribution < -0.4 is 0 Å². The lowest BCUT2D eigenvalue weighted by Crippen LogP contribution is -1.90. The summed E-state index contributed by atoms with van der Waals surface area (Å²) in [5, 5.41) is 0. The number of halogens is 1. The molecule has 0 atom stereocenters. The first kappa shape index (κ1) is 7.79. The number of rotatable bonds is 1. The van der Waals surface area contributed by atoms with Crippen molar-refractivity contribution in [3.8, 4) is 11.3 Å². The molecule has 0 amide bonds. The quantitative estimate of drug-likeness (QED) is 0.619. The van der Waals surface area contributed by atoms with E-state index in [9.17, 15) is 4.39 Å². The molecule has 0 unspecified atom stereocenters. The highest BCUT2D eigenvalue weighted by Crippen LogP contribution is 2.16. The van der Waals surface area contributed by atoms with Gasteiger partial charge in [0.05, 0.1) is 17.5 Å². The topological polar surface area (TPSA) is 38.7 Å². The minimum atomic E-state index is -0.525. The van der Waals surface area contributed by atoms with Crippen molar-refractivity contribution in [3.05, 3.63) is 42.9 Å². The summed E-state index contributed by atoms with van der Waals surface area (Å²) in [5.74, 6) is -0.525. The average molecular weight is 175 g/mol. The van der Waals surface area contributed by atoms with E-state index in [1.807, 2.05) is 0 Å². The Bertz CT molecular complexity index is 403. The molecule has 2 aromatic heterocycles. The maximum atomic E-state index is 13.1. The van der Waals surface area contributed by atoms with Gasteiger partial charge in [-0.3, -0.25) is 9.97 Å². The fourth-order valence-electron chi connectivity index (χ4n) is 1.02. The van der Waals surface area contributed by atoms with Crippen LogP contribution in [0, 0.1) is 5.95 Å². The lowest BCUT2D eigenvalue weighted by molar-refractivity contribution is 0.587. The van der Waals surface area contributed by atoms with Crippen molar-refractivity contribution in [2.24, 2.45) is 0 Å². The normalized spacial score (nSPS) is 9.92. The van der Waals surface area contributed by atoms with Gasteiger partial charge in [0.15, 0.2) is 0 Å². The third kappa shape index (κ3) is 1.51. The fourth-order valence-corrected chi connectivity index (χ4v) is 1.02. The molecule has 0 saturated heterocycles. The summed E-state index contributed by atoms with van der Waals surface area (Å²) in [6.45, 7) is 0. The SMILES string of the molecule is Fc1ncccc1-c1cnccn1. The monoisotopic (exact) mass is 175 g/mol. The Hall–Kier alpha value is -1.84. The van der Waals surface area contributed by atoms with Gasteiger partial charge in [0, 0.05) is 18.6 Å². The van der Waals surface area contributed by atoms with Crippen molar-refractivity contribution >= 4 is 0 Å². The van der Waals surface area contributed by atoms with E-state index >= 15 is 0 Å². The molecule has 3 nitrogen and oxygen atoms in total. The van der Waals surface area contributed by atoms with Gasteiger partial charge >= 0.3 is 0 Å². The first-order chi connectivity index (χ1) is 6.38. The molecule has 0 saturated carbocycles. The number of aromatic nitrogens is 3. The van der Waals surface area contributed by atoms with Crippen molar-refractivity contribution in [1.82, 2.24) is 15.0 Å². The smallest absolute Gasteiger partial charge is 0.222 e. The number of hydrogen-bond donors (Lipinski definition) is 0. The van der Waals surface area contributed by atoms with Crippen LogP contribution in [0.15, 0.2) is 36.9 Å². The molecule has 0 bridgehead atoms. The molecule has 4 heteroatoms. The highest BCUT2D eigenvalue weighted by Gasteiger charge is 2.04. The van der Waals surface area contributed by atoms with E-state index in [1.165, 1.54) is 24.8 Å². The minimum absolute atomic E-state index is 0.371. The molecule has 13 heavy (non-hydrogen) atoms. The van der Waals surface area contributed by atoms with Gasteiger partial charge in [-0.05, 0) is 12.1 Å². The molecular weight excluding hydrogens is 169 g/mol. The summed E-state index contributed by atoms with van der Waals surface area (Å²) in [4.78, 5) is 11.3. The number of nitrogens with zero attached hydrogens (tertiary/aromatic N) is 3. The summed E-state index contributed by atoms with van der Waals surface area (Å²) in [7, 11) is 0. The summed E-state index contributed by atoms with van der Waals surface area (Å²) in [6.07, 6.45) is 5.95. The first-order valence-corrected chi connectivity index (χ1v) is 3.75. The van der Waals surface area contributed by atoms with Crippen LogP contribution >= 0.6 is 0 Å². The Kier molecular flexibility index (Phi) is 1.96. The standard InChI is InChI=1S/C9H6FN3/c10-9-7(2-1-3-13-9)8-6-11-4-5-12-8/h1-6H. The van der Waals surface area contributed by atoms with Crippen LogP contribution in [0.1, 0.15) is 0 Å². The molecule has 64 valence electrons. The van der Waals surface area contributed by atoms with E-state index in [4.69, 9.17) is 0 Å². The molecule has 2 aromatic rings. The van der Waals surface area contributed by atoms with Crippen LogP contribution in [-0.4, -0.2) is 15.0 Å². The second-order valence-electron chi connectivity index (χ2n) is 2.43. The van der Waals surface area contributed by atoms with E-state index in [-0.39, 0.29) is 0 Å². The van der Waals surface area contributed by atoms with E-state index in [2.05, 4.69) is 15.0 Å². The number of hydrogen-bond acceptors (Lipinski definition) is 3. The van der Waals surface area contributed by atoms with E-state index < -0.39 is 5.95 Å². The van der Waals surface area contributed by atoms with Crippen molar-refractivity contribution in [1.29, 1.82) is 0 Å². The van der Waals surface area contributed by atoms with Gasteiger partial charge in [-0.2, -0.15) is 4.39 Å². The molecule has 2 heterocycles. The zero-order valence-corrected chi connectivity index (χ0v) is 6.68. The molecular formula is C9H6FN3. The van der Waals surface area contributed by atoms with Gasteiger partial charge in [-0.1, -0.05) is 0 Å². The van der Waals surface area contributed by atoms with Crippen LogP contribution in [-0.2, 0) is 0 Å². The molecule has 0 aromatic carbocycles. The Balaban J connectivity index is 2.54. The second-order valence-corrected chi connectivity index (χ2v) is 2.43. The molecule has 0 spiro atoms. The summed E-state index contributed by atoms with van der Waals surface area (Å²) >= 11 is 0. The third-order valence-electron chi connectivity index (χ3n) is 1.60. The molecule has 0 aliphatic heterocycles. The summed E-state index contributed by atoms with van der Waals surface area (Å²) < 4.78 is 13.1. The van der Waals surface area contributed by atoms with Crippen LogP contribution in [0.25, 0.3) is 11.3 Å². The molecule has 0 N–H and O–H groups in total. The first-order valence-electron chi connectivity index (χ1n) is 3.75. The minimum Gasteiger partial charge on any atom is -0.261 e. The lowest BCUT2D eigenvalue weighted by Gasteiger charge is -1.98. The molecule has 0 fully saturated rings. The summed E-state index contributed by atoms with van der Waals surface area (Å²) in [5.41, 5.74) is 0.865. The predicted octanol–water partition coefficient (Wildman–Crippen LogP) is 1.68. The van der Waals surface area contributed by atoms with Crippen LogP contribution in [0.3, 0.4) is 0 Å². The van der Waals surface area contributed by atoms with Gasteiger partial charge in [-0.15, -0.1) is 0 Å². The molecule has 0 aliphatic carbocycles. The predicted molar refractivity (Wildman–Crippen MR) is 45.2 cm³/mol. The van der Waals surface area contributed by atoms with E-state index in [0.717, 1.165) is 0 Å². The molecule has 2 rings (SSSR count). The Morgan fingerprint density at radius 2 is 2.00 bits per heavy atom. The van der Waals surface area contributed by atoms with Crippen molar-refractivity contribution in [3.63, 3.8) is 0 Å². The van der Waals surface area contributed by atoms with Gasteiger partial charge in [0.1, 0.15) is 0 Å². The fraction of sp³-hybridized carbons (Fsp3) is 0. The van der Waals surface area contributed by atoms with E-state index in [0.29, 0.717) is 11.3 Å². The average Bonchev–Trinajstić information content (AvgIpc) is 2.20. The largest absolute Gasteiger partial charge is 0.261 e. The third-order valence-corrected chi connectivity index (χ3v) is 1.60. The highest BCUT2D eigenvalue weighted by molar-refractivity contribution is 5.56.